The van der Waals surface area contributed by atoms with Gasteiger partial charge in [-0.05, 0) is 54.4 Å². The Kier molecular flexibility index (Phi) is 9.28. The number of carbonyl (C=O) groups is 3. The molecule has 0 aromatic carbocycles. The van der Waals surface area contributed by atoms with Gasteiger partial charge in [0.15, 0.2) is 0 Å². The third-order valence-electron chi connectivity index (χ3n) is 3.00. The molecule has 0 radical (unpaired) electrons. The first-order chi connectivity index (χ1) is 11.6. The van der Waals surface area contributed by atoms with Crippen LogP contribution in [-0.4, -0.2) is 41.4 Å². The Balaban J connectivity index is 4.99. The molecule has 0 aliphatic carbocycles. The summed E-state index contributed by atoms with van der Waals surface area (Å²) >= 11 is 0. The van der Waals surface area contributed by atoms with E-state index in [0.29, 0.717) is 0 Å². The number of ether oxygens (including phenoxy) is 3. The number of hydrogen-bond acceptors (Lipinski definition) is 6. The summed E-state index contributed by atoms with van der Waals surface area (Å²) in [7, 11) is 0. The van der Waals surface area contributed by atoms with Crippen LogP contribution in [0.25, 0.3) is 0 Å². The Morgan fingerprint density at radius 3 is 1.77 bits per heavy atom. The highest BCUT2D eigenvalue weighted by Gasteiger charge is 2.30. The maximum absolute atomic E-state index is 12.1. The molecule has 2 atom stereocenters. The van der Waals surface area contributed by atoms with Crippen molar-refractivity contribution in [2.45, 2.75) is 98.5 Å². The van der Waals surface area contributed by atoms with Crippen molar-refractivity contribution in [1.29, 1.82) is 0 Å². The van der Waals surface area contributed by atoms with Gasteiger partial charge in [-0.3, -0.25) is 9.59 Å². The highest BCUT2D eigenvalue weighted by Crippen LogP contribution is 2.16. The Hall–Kier alpha value is -1.63. The maximum atomic E-state index is 12.1. The van der Waals surface area contributed by atoms with Gasteiger partial charge < -0.3 is 19.5 Å². The van der Waals surface area contributed by atoms with Crippen LogP contribution < -0.4 is 5.32 Å². The van der Waals surface area contributed by atoms with Crippen LogP contribution in [-0.2, 0) is 23.8 Å². The number of alkyl carbamates (subject to hydrolysis) is 1. The third kappa shape index (κ3) is 12.7. The molecule has 0 unspecified atom stereocenters. The van der Waals surface area contributed by atoms with Gasteiger partial charge in [0.25, 0.3) is 0 Å². The molecule has 7 heteroatoms. The predicted octanol–water partition coefficient (Wildman–Crippen LogP) is 3.59. The SMILES string of the molecule is CC(C)CC(=O)OC(=O)C[C@@H](NC(=O)OC(C)(C)C)[C@@H](C)OC(C)(C)C. The molecule has 1 N–H and O–H groups in total. The summed E-state index contributed by atoms with van der Waals surface area (Å²) in [5.41, 5.74) is -1.14. The summed E-state index contributed by atoms with van der Waals surface area (Å²) in [5.74, 6) is -1.19. The van der Waals surface area contributed by atoms with Gasteiger partial charge in [0.2, 0.25) is 0 Å². The molecule has 0 spiro atoms. The fraction of sp³-hybridized carbons (Fsp3) is 0.842. The van der Waals surface area contributed by atoms with Crippen molar-refractivity contribution >= 4 is 18.0 Å². The van der Waals surface area contributed by atoms with Crippen LogP contribution in [0, 0.1) is 5.92 Å². The summed E-state index contributed by atoms with van der Waals surface area (Å²) < 4.78 is 15.9. The van der Waals surface area contributed by atoms with E-state index in [-0.39, 0.29) is 18.8 Å². The first-order valence-corrected chi connectivity index (χ1v) is 9.00. The zero-order chi connectivity index (χ0) is 20.7. The minimum atomic E-state index is -0.707. The van der Waals surface area contributed by atoms with E-state index in [1.165, 1.54) is 0 Å². The summed E-state index contributed by atoms with van der Waals surface area (Å²) in [6.07, 6.45) is -1.19. The summed E-state index contributed by atoms with van der Waals surface area (Å²) in [6.45, 7) is 16.3. The number of carbonyl (C=O) groups excluding carboxylic acids is 3. The van der Waals surface area contributed by atoms with Crippen LogP contribution in [0.3, 0.4) is 0 Å². The van der Waals surface area contributed by atoms with Crippen molar-refractivity contribution in [1.82, 2.24) is 5.32 Å². The molecule has 0 aromatic heterocycles. The second kappa shape index (κ2) is 9.90. The molecule has 26 heavy (non-hydrogen) atoms. The Morgan fingerprint density at radius 2 is 1.35 bits per heavy atom. The van der Waals surface area contributed by atoms with Gasteiger partial charge in [0.05, 0.1) is 24.2 Å². The van der Waals surface area contributed by atoms with Gasteiger partial charge >= 0.3 is 18.0 Å². The van der Waals surface area contributed by atoms with Crippen LogP contribution in [0.4, 0.5) is 4.79 Å². The number of hydrogen-bond donors (Lipinski definition) is 1. The molecule has 0 rings (SSSR count). The predicted molar refractivity (Wildman–Crippen MR) is 98.6 cm³/mol. The lowest BCUT2D eigenvalue weighted by atomic mass is 10.1. The maximum Gasteiger partial charge on any atom is 0.407 e. The highest BCUT2D eigenvalue weighted by atomic mass is 16.6. The molecule has 0 fully saturated rings. The van der Waals surface area contributed by atoms with Crippen molar-refractivity contribution in [2.75, 3.05) is 0 Å². The van der Waals surface area contributed by atoms with Gasteiger partial charge in [0, 0.05) is 6.42 Å². The second-order valence-electron chi connectivity index (χ2n) is 8.84. The summed E-state index contributed by atoms with van der Waals surface area (Å²) in [5, 5.41) is 2.64. The second-order valence-corrected chi connectivity index (χ2v) is 8.84. The molecule has 0 bridgehead atoms. The number of nitrogens with one attached hydrogen (secondary N) is 1. The molecule has 0 saturated heterocycles. The van der Waals surface area contributed by atoms with E-state index < -0.39 is 41.4 Å². The molecule has 7 nitrogen and oxygen atoms in total. The van der Waals surface area contributed by atoms with E-state index in [9.17, 15) is 14.4 Å². The van der Waals surface area contributed by atoms with E-state index in [4.69, 9.17) is 14.2 Å². The lowest BCUT2D eigenvalue weighted by molar-refractivity contribution is -0.161. The summed E-state index contributed by atoms with van der Waals surface area (Å²) in [6, 6.07) is -0.691. The van der Waals surface area contributed by atoms with Crippen molar-refractivity contribution in [3.8, 4) is 0 Å². The zero-order valence-corrected chi connectivity index (χ0v) is 17.6. The molecule has 0 saturated carbocycles. The van der Waals surface area contributed by atoms with Gasteiger partial charge in [-0.2, -0.15) is 0 Å². The Labute approximate surface area is 157 Å². The summed E-state index contributed by atoms with van der Waals surface area (Å²) in [4.78, 5) is 35.8. The number of amides is 1. The first-order valence-electron chi connectivity index (χ1n) is 9.00. The van der Waals surface area contributed by atoms with E-state index in [1.54, 1.807) is 27.7 Å². The standard InChI is InChI=1S/C19H35NO6/c1-12(2)10-15(21)24-16(22)11-14(13(3)25-18(4,5)6)20-17(23)26-19(7,8)9/h12-14H,10-11H2,1-9H3,(H,20,23)/t13-,14-/m1/s1. The van der Waals surface area contributed by atoms with Crippen LogP contribution in [0.2, 0.25) is 0 Å². The molecule has 152 valence electrons. The molecule has 0 aliphatic heterocycles. The molecule has 0 aliphatic rings. The van der Waals surface area contributed by atoms with Crippen molar-refractivity contribution in [3.63, 3.8) is 0 Å². The fourth-order valence-electron chi connectivity index (χ4n) is 2.16. The van der Waals surface area contributed by atoms with Crippen molar-refractivity contribution in [2.24, 2.45) is 5.92 Å². The third-order valence-corrected chi connectivity index (χ3v) is 3.00. The lowest BCUT2D eigenvalue weighted by Crippen LogP contribution is -2.48. The zero-order valence-electron chi connectivity index (χ0n) is 17.6. The normalized spacial score (nSPS) is 14.5. The largest absolute Gasteiger partial charge is 0.444 e. The topological polar surface area (TPSA) is 90.9 Å². The molecule has 1 amide bonds. The quantitative estimate of drug-likeness (QED) is 0.542. The van der Waals surface area contributed by atoms with E-state index in [2.05, 4.69) is 5.32 Å². The average molecular weight is 373 g/mol. The molecular formula is C19H35NO6. The minimum absolute atomic E-state index is 0.0918. The van der Waals surface area contributed by atoms with Gasteiger partial charge in [0.1, 0.15) is 5.60 Å². The monoisotopic (exact) mass is 373 g/mol. The highest BCUT2D eigenvalue weighted by molar-refractivity contribution is 5.86. The Bertz CT molecular complexity index is 487. The van der Waals surface area contributed by atoms with Gasteiger partial charge in [-0.1, -0.05) is 13.8 Å². The molecule has 0 heterocycles. The minimum Gasteiger partial charge on any atom is -0.444 e. The van der Waals surface area contributed by atoms with E-state index in [1.807, 2.05) is 34.6 Å². The van der Waals surface area contributed by atoms with Crippen LogP contribution in [0.1, 0.15) is 75.2 Å². The number of esters is 2. The average Bonchev–Trinajstić information content (AvgIpc) is 2.31. The smallest absolute Gasteiger partial charge is 0.407 e. The Morgan fingerprint density at radius 1 is 0.846 bits per heavy atom. The van der Waals surface area contributed by atoms with Crippen LogP contribution >= 0.6 is 0 Å². The first kappa shape index (κ1) is 24.4. The fourth-order valence-corrected chi connectivity index (χ4v) is 2.16. The van der Waals surface area contributed by atoms with Gasteiger partial charge in [-0.15, -0.1) is 0 Å². The lowest BCUT2D eigenvalue weighted by Gasteiger charge is -2.31. The van der Waals surface area contributed by atoms with Crippen LogP contribution in [0.15, 0.2) is 0 Å². The van der Waals surface area contributed by atoms with E-state index in [0.717, 1.165) is 0 Å². The van der Waals surface area contributed by atoms with Crippen molar-refractivity contribution < 1.29 is 28.6 Å². The van der Waals surface area contributed by atoms with Crippen molar-refractivity contribution in [3.05, 3.63) is 0 Å². The van der Waals surface area contributed by atoms with Crippen LogP contribution in [0.5, 0.6) is 0 Å². The molecule has 0 aromatic rings. The number of rotatable bonds is 7. The molecular weight excluding hydrogens is 338 g/mol. The van der Waals surface area contributed by atoms with Gasteiger partial charge in [-0.25, -0.2) is 4.79 Å². The van der Waals surface area contributed by atoms with E-state index >= 15 is 0 Å².